The summed E-state index contributed by atoms with van der Waals surface area (Å²) in [6, 6.07) is -5.32. The number of carbonyl (C=O) groups is 12. The number of hydrogen-bond donors (Lipinski definition) is 13. The molecule has 5 heterocycles. The molecule has 14 N–H and O–H groups in total. The first-order chi connectivity index (χ1) is 40.5. The maximum Gasteiger partial charge on any atom is 0.253 e. The summed E-state index contributed by atoms with van der Waals surface area (Å²) >= 11 is 0. The van der Waals surface area contributed by atoms with Crippen LogP contribution < -0.4 is 53.0 Å². The second-order valence-electron chi connectivity index (χ2n) is 21.7. The maximum absolute atomic E-state index is 15.0. The summed E-state index contributed by atoms with van der Waals surface area (Å²) in [6.45, 7) is 2.74. The van der Waals surface area contributed by atoms with E-state index in [0.717, 1.165) is 17.7 Å². The number of nitrogens with one attached hydrogen (secondary N) is 9. The SMILES string of the molecule is CC[C@H](C)[C@@H]1NC(=O)CNC(=O)[C@@H]2Cc3c([nH]c4cc(OCCCCCCNC(=O)CCCCCN5C(=O)C=CC5=O)ccc34)[S@](=O)C[C@H](NC(=O)CNC1=O)C(=O)N[C@@H](CC(N)=O)C(=O)N1C[C@H](O)C[C@H]1C(=O)N[C@@H]([C@@H](C)[C@@H](O)CO)C(=O)N2. The summed E-state index contributed by atoms with van der Waals surface area (Å²) in [5, 5.41) is 52.2. The average Bonchev–Trinajstić information content (AvgIpc) is 3.54. The van der Waals surface area contributed by atoms with Gasteiger partial charge < -0.3 is 78.2 Å². The van der Waals surface area contributed by atoms with E-state index in [2.05, 4.69) is 47.5 Å². The number of fused-ring (bicyclic) bond motifs is 5. The van der Waals surface area contributed by atoms with Crippen LogP contribution in [0.2, 0.25) is 0 Å². The lowest BCUT2D eigenvalue weighted by molar-refractivity contribution is -0.144. The van der Waals surface area contributed by atoms with Gasteiger partial charge in [0.25, 0.3) is 11.8 Å². The van der Waals surface area contributed by atoms with Crippen molar-refractivity contribution >= 4 is 92.6 Å². The number of aromatic nitrogens is 1. The van der Waals surface area contributed by atoms with Crippen molar-refractivity contribution in [1.82, 2.24) is 57.3 Å². The number of primary amides is 1. The van der Waals surface area contributed by atoms with Crippen molar-refractivity contribution in [1.29, 1.82) is 0 Å². The van der Waals surface area contributed by atoms with Crippen molar-refractivity contribution < 1.29 is 81.8 Å². The zero-order valence-corrected chi connectivity index (χ0v) is 48.6. The number of hydrogen-bond acceptors (Lipinski definition) is 17. The third-order valence-corrected chi connectivity index (χ3v) is 16.8. The van der Waals surface area contributed by atoms with Crippen LogP contribution in [-0.2, 0) is 74.8 Å². The van der Waals surface area contributed by atoms with Crippen molar-refractivity contribution in [3.8, 4) is 5.75 Å². The fourth-order valence-electron chi connectivity index (χ4n) is 10.3. The molecule has 6 rings (SSSR count). The van der Waals surface area contributed by atoms with Crippen LogP contribution in [0.15, 0.2) is 35.4 Å². The van der Waals surface area contributed by atoms with Crippen LogP contribution in [0.4, 0.5) is 0 Å². The molecule has 0 unspecified atom stereocenters. The Morgan fingerprint density at radius 1 is 0.800 bits per heavy atom. The Balaban J connectivity index is 1.30. The molecule has 0 radical (unpaired) electrons. The van der Waals surface area contributed by atoms with Crippen LogP contribution in [0, 0.1) is 11.8 Å². The highest BCUT2D eigenvalue weighted by Gasteiger charge is 2.45. The molecule has 85 heavy (non-hydrogen) atoms. The fourth-order valence-corrected chi connectivity index (χ4v) is 11.6. The van der Waals surface area contributed by atoms with Crippen molar-refractivity contribution in [3.05, 3.63) is 35.9 Å². The van der Waals surface area contributed by atoms with Gasteiger partial charge in [0.1, 0.15) is 47.0 Å². The molecular weight excluding hydrogens is 1130 g/mol. The Labute approximate surface area is 492 Å². The Hall–Kier alpha value is -7.83. The lowest BCUT2D eigenvalue weighted by Gasteiger charge is -2.32. The van der Waals surface area contributed by atoms with Gasteiger partial charge in [0.2, 0.25) is 59.1 Å². The third-order valence-electron chi connectivity index (χ3n) is 15.4. The van der Waals surface area contributed by atoms with E-state index in [-0.39, 0.29) is 40.4 Å². The Morgan fingerprint density at radius 2 is 1.48 bits per heavy atom. The van der Waals surface area contributed by atoms with E-state index < -0.39 is 176 Å². The minimum atomic E-state index is -2.41. The van der Waals surface area contributed by atoms with Crippen molar-refractivity contribution in [2.75, 3.05) is 51.7 Å². The zero-order valence-electron chi connectivity index (χ0n) is 47.7. The second kappa shape index (κ2) is 31.4. The molecule has 11 atom stereocenters. The molecule has 466 valence electrons. The third kappa shape index (κ3) is 18.3. The number of aliphatic hydroxyl groups excluding tert-OH is 3. The van der Waals surface area contributed by atoms with Crippen LogP contribution in [0.5, 0.6) is 5.75 Å². The molecule has 4 aliphatic heterocycles. The highest BCUT2D eigenvalue weighted by molar-refractivity contribution is 7.85. The van der Waals surface area contributed by atoms with E-state index in [9.17, 15) is 72.9 Å². The number of amides is 12. The van der Waals surface area contributed by atoms with Gasteiger partial charge in [-0.3, -0.25) is 66.6 Å². The number of benzene rings is 1. The summed E-state index contributed by atoms with van der Waals surface area (Å²) in [5.74, 6) is -12.3. The minimum absolute atomic E-state index is 0.0964. The highest BCUT2D eigenvalue weighted by atomic mass is 32.2. The number of unbranched alkanes of at least 4 members (excludes halogenated alkanes) is 5. The molecule has 12 amide bonds. The zero-order chi connectivity index (χ0) is 62.1. The van der Waals surface area contributed by atoms with E-state index in [4.69, 9.17) is 10.5 Å². The van der Waals surface area contributed by atoms with Crippen LogP contribution in [0.1, 0.15) is 97.0 Å². The molecule has 2 bridgehead atoms. The van der Waals surface area contributed by atoms with Gasteiger partial charge in [-0.2, -0.15) is 0 Å². The predicted octanol–water partition coefficient (Wildman–Crippen LogP) is -4.09. The van der Waals surface area contributed by atoms with Gasteiger partial charge in [0.15, 0.2) is 0 Å². The summed E-state index contributed by atoms with van der Waals surface area (Å²) < 4.78 is 21.1. The molecule has 1 fully saturated rings. The van der Waals surface area contributed by atoms with Gasteiger partial charge in [0, 0.05) is 68.4 Å². The van der Waals surface area contributed by atoms with Gasteiger partial charge in [-0.25, -0.2) is 0 Å². The molecule has 1 aromatic heterocycles. The van der Waals surface area contributed by atoms with E-state index in [1.54, 1.807) is 32.0 Å². The molecular formula is C55H78N12O17S. The molecule has 4 aliphatic rings. The van der Waals surface area contributed by atoms with Crippen molar-refractivity contribution in [2.24, 2.45) is 17.6 Å². The number of H-pyrrole nitrogens is 1. The number of nitrogens with zero attached hydrogens (tertiary/aromatic N) is 2. The molecule has 0 spiro atoms. The average molecular weight is 1210 g/mol. The van der Waals surface area contributed by atoms with Gasteiger partial charge >= 0.3 is 0 Å². The van der Waals surface area contributed by atoms with Gasteiger partial charge in [-0.05, 0) is 49.3 Å². The quantitative estimate of drug-likeness (QED) is 0.0418. The monoisotopic (exact) mass is 1210 g/mol. The van der Waals surface area contributed by atoms with Gasteiger partial charge in [0.05, 0.1) is 67.0 Å². The number of ether oxygens (including phenoxy) is 1. The first kappa shape index (κ1) is 66.3. The van der Waals surface area contributed by atoms with Crippen LogP contribution >= 0.6 is 0 Å². The van der Waals surface area contributed by atoms with E-state index in [1.165, 1.54) is 24.0 Å². The van der Waals surface area contributed by atoms with Crippen LogP contribution in [0.3, 0.4) is 0 Å². The summed E-state index contributed by atoms with van der Waals surface area (Å²) in [5.41, 5.74) is 5.96. The number of aliphatic hydroxyl groups is 3. The number of rotatable bonds is 21. The topological polar surface area (TPSA) is 436 Å². The lowest BCUT2D eigenvalue weighted by atomic mass is 9.93. The molecule has 0 saturated carbocycles. The van der Waals surface area contributed by atoms with Crippen LogP contribution in [0.25, 0.3) is 10.9 Å². The first-order valence-electron chi connectivity index (χ1n) is 28.6. The number of carbonyl (C=O) groups excluding carboxylic acids is 12. The number of aromatic amines is 1. The van der Waals surface area contributed by atoms with E-state index in [0.29, 0.717) is 69.2 Å². The molecule has 0 aliphatic carbocycles. The largest absolute Gasteiger partial charge is 0.494 e. The number of imide groups is 1. The molecule has 1 aromatic carbocycles. The molecule has 2 aromatic rings. The maximum atomic E-state index is 15.0. The Morgan fingerprint density at radius 3 is 2.18 bits per heavy atom. The van der Waals surface area contributed by atoms with Crippen molar-refractivity contribution in [3.63, 3.8) is 0 Å². The molecule has 30 heteroatoms. The summed E-state index contributed by atoms with van der Waals surface area (Å²) in [4.78, 5) is 167. The lowest BCUT2D eigenvalue weighted by Crippen LogP contribution is -2.62. The first-order valence-corrected chi connectivity index (χ1v) is 29.9. The highest BCUT2D eigenvalue weighted by Crippen LogP contribution is 2.31. The number of nitrogens with two attached hydrogens (primary N) is 1. The predicted molar refractivity (Wildman–Crippen MR) is 302 cm³/mol. The van der Waals surface area contributed by atoms with Gasteiger partial charge in [-0.1, -0.05) is 46.5 Å². The van der Waals surface area contributed by atoms with Crippen LogP contribution in [-0.4, -0.2) is 205 Å². The van der Waals surface area contributed by atoms with E-state index >= 15 is 4.21 Å². The Bertz CT molecular complexity index is 2880. The molecule has 29 nitrogen and oxygen atoms in total. The normalized spacial score (nSPS) is 25.1. The van der Waals surface area contributed by atoms with E-state index in [1.807, 2.05) is 0 Å². The second-order valence-corrected chi connectivity index (χ2v) is 23.1. The summed E-state index contributed by atoms with van der Waals surface area (Å²) in [7, 11) is -2.41. The Kier molecular flexibility index (Phi) is 24.5. The molecule has 1 saturated heterocycles. The van der Waals surface area contributed by atoms with Crippen molar-refractivity contribution in [2.45, 2.75) is 151 Å². The smallest absolute Gasteiger partial charge is 0.253 e. The van der Waals surface area contributed by atoms with Gasteiger partial charge in [-0.15, -0.1) is 0 Å². The standard InChI is InChI=1S/C55H78N12O17S/c1-4-29(2)47-52(80)59-24-43(73)60-38-28-85(83)54-34(33-14-13-32(21-35(33)63-54)84-19-11-6-5-9-17-57-42(72)12-8-7-10-18-66-45(75)15-16-46(66)76)22-36(49(77)58-25-44(74)64-47)61-53(81)48(30(3)40(70)27-68)65-51(79)39-20-31(69)26-67(39)55(82)37(23-41(56)71)62-50(38)78/h13-16,21,29-31,36-40,47-48,63,68-70H,4-12,17-20,22-28H2,1-3H3,(H2,56,71)(H,57,72)(H,58,77)(H,59,80)(H,60,73)(H,61,81)(H,62,78)(H,64,74)(H,65,79)/t29-,30-,31+,36-,37-,38-,39-,40-,47-,48-,85+/m0/s1. The summed E-state index contributed by atoms with van der Waals surface area (Å²) in [6.07, 6.45) is 3.00. The minimum Gasteiger partial charge on any atom is -0.494 e. The fraction of sp³-hybridized carbons (Fsp3) is 0.600.